The molecule has 3 nitrogen and oxygen atoms in total. The van der Waals surface area contributed by atoms with Gasteiger partial charge in [-0.15, -0.1) is 0 Å². The number of rotatable bonds is 1. The Hall–Kier alpha value is -2.80. The van der Waals surface area contributed by atoms with Crippen LogP contribution < -0.4 is 0 Å². The third-order valence-electron chi connectivity index (χ3n) is 4.03. The lowest BCUT2D eigenvalue weighted by Crippen LogP contribution is -2.01. The molecule has 4 heteroatoms. The molecule has 0 saturated heterocycles. The van der Waals surface area contributed by atoms with E-state index in [1.807, 2.05) is 20.8 Å². The van der Waals surface area contributed by atoms with Crippen LogP contribution in [0.5, 0.6) is 0 Å². The molecule has 2 heterocycles. The summed E-state index contributed by atoms with van der Waals surface area (Å²) in [4.78, 5) is 8.88. The van der Waals surface area contributed by atoms with Crippen LogP contribution in [0.2, 0.25) is 0 Å². The molecular formula is C18H14FN3. The largest absolute Gasteiger partial charge is 0.256 e. The lowest BCUT2D eigenvalue weighted by molar-refractivity contribution is 0.630. The summed E-state index contributed by atoms with van der Waals surface area (Å²) in [6.07, 6.45) is 1.66. The first kappa shape index (κ1) is 14.2. The molecule has 108 valence electrons. The van der Waals surface area contributed by atoms with Gasteiger partial charge in [-0.05, 0) is 50.1 Å². The molecule has 0 aliphatic carbocycles. The Bertz CT molecular complexity index is 939. The summed E-state index contributed by atoms with van der Waals surface area (Å²) in [6.45, 7) is 5.72. The van der Waals surface area contributed by atoms with Crippen molar-refractivity contribution in [1.29, 1.82) is 5.26 Å². The van der Waals surface area contributed by atoms with Gasteiger partial charge in [-0.25, -0.2) is 4.39 Å². The molecule has 0 unspecified atom stereocenters. The normalized spacial score (nSPS) is 10.7. The number of pyridine rings is 2. The molecular weight excluding hydrogens is 277 g/mol. The highest BCUT2D eigenvalue weighted by molar-refractivity contribution is 5.94. The van der Waals surface area contributed by atoms with Crippen LogP contribution in [-0.4, -0.2) is 9.97 Å². The fourth-order valence-electron chi connectivity index (χ4n) is 2.61. The fourth-order valence-corrected chi connectivity index (χ4v) is 2.61. The van der Waals surface area contributed by atoms with E-state index in [0.717, 1.165) is 16.8 Å². The van der Waals surface area contributed by atoms with Crippen LogP contribution >= 0.6 is 0 Å². The number of nitriles is 1. The summed E-state index contributed by atoms with van der Waals surface area (Å²) in [5.74, 6) is -0.364. The van der Waals surface area contributed by atoms with Crippen LogP contribution in [-0.2, 0) is 0 Å². The van der Waals surface area contributed by atoms with Crippen LogP contribution in [0.3, 0.4) is 0 Å². The molecule has 1 aromatic carbocycles. The Morgan fingerprint density at radius 2 is 1.91 bits per heavy atom. The predicted octanol–water partition coefficient (Wildman–Crippen LogP) is 4.23. The summed E-state index contributed by atoms with van der Waals surface area (Å²) < 4.78 is 14.0. The molecule has 0 aliphatic rings. The third kappa shape index (κ3) is 2.11. The van der Waals surface area contributed by atoms with E-state index >= 15 is 0 Å². The van der Waals surface area contributed by atoms with Crippen LogP contribution in [0.1, 0.15) is 22.4 Å². The average Bonchev–Trinajstić information content (AvgIpc) is 2.51. The smallest absolute Gasteiger partial charge is 0.124 e. The predicted molar refractivity (Wildman–Crippen MR) is 83.9 cm³/mol. The number of nitrogens with zero attached hydrogens (tertiary/aromatic N) is 3. The van der Waals surface area contributed by atoms with Crippen molar-refractivity contribution in [3.05, 3.63) is 58.7 Å². The number of hydrogen-bond acceptors (Lipinski definition) is 3. The Balaban J connectivity index is 2.45. The topological polar surface area (TPSA) is 49.6 Å². The van der Waals surface area contributed by atoms with Gasteiger partial charge < -0.3 is 0 Å². The van der Waals surface area contributed by atoms with Gasteiger partial charge in [0.2, 0.25) is 0 Å². The second-order valence-electron chi connectivity index (χ2n) is 5.31. The highest BCUT2D eigenvalue weighted by Gasteiger charge is 2.17. The summed E-state index contributed by atoms with van der Waals surface area (Å²) in [7, 11) is 0. The molecule has 0 saturated carbocycles. The quantitative estimate of drug-likeness (QED) is 0.674. The Morgan fingerprint density at radius 1 is 1.14 bits per heavy atom. The van der Waals surface area contributed by atoms with E-state index in [0.29, 0.717) is 27.7 Å². The summed E-state index contributed by atoms with van der Waals surface area (Å²) >= 11 is 0. The van der Waals surface area contributed by atoms with Crippen molar-refractivity contribution in [2.24, 2.45) is 0 Å². The Kier molecular flexibility index (Phi) is 3.34. The first-order valence-corrected chi connectivity index (χ1v) is 6.95. The van der Waals surface area contributed by atoms with Crippen LogP contribution in [0.15, 0.2) is 30.5 Å². The number of benzene rings is 1. The maximum Gasteiger partial charge on any atom is 0.124 e. The van der Waals surface area contributed by atoms with Crippen LogP contribution in [0.25, 0.3) is 22.2 Å². The highest BCUT2D eigenvalue weighted by Crippen LogP contribution is 2.32. The van der Waals surface area contributed by atoms with Crippen LogP contribution in [0, 0.1) is 37.9 Å². The summed E-state index contributed by atoms with van der Waals surface area (Å²) in [6, 6.07) is 8.59. The standard InChI is InChI=1S/C18H14FN3/c1-10-11(2)16(9-20)18(22-12(10)3)15-8-14(19)7-13-5-4-6-21-17(13)15/h4-8H,1-3H3. The van der Waals surface area contributed by atoms with E-state index in [1.54, 1.807) is 18.3 Å². The molecule has 0 aliphatic heterocycles. The fraction of sp³-hybridized carbons (Fsp3) is 0.167. The minimum Gasteiger partial charge on any atom is -0.256 e. The zero-order valence-electron chi connectivity index (χ0n) is 12.6. The first-order valence-electron chi connectivity index (χ1n) is 6.95. The van der Waals surface area contributed by atoms with Crippen molar-refractivity contribution >= 4 is 10.9 Å². The second kappa shape index (κ2) is 5.19. The zero-order valence-corrected chi connectivity index (χ0v) is 12.6. The lowest BCUT2D eigenvalue weighted by Gasteiger charge is -2.13. The van der Waals surface area contributed by atoms with Gasteiger partial charge in [0.1, 0.15) is 11.9 Å². The highest BCUT2D eigenvalue weighted by atomic mass is 19.1. The van der Waals surface area contributed by atoms with Gasteiger partial charge in [-0.3, -0.25) is 9.97 Å². The average molecular weight is 291 g/mol. The monoisotopic (exact) mass is 291 g/mol. The van der Waals surface area contributed by atoms with Gasteiger partial charge in [0.25, 0.3) is 0 Å². The summed E-state index contributed by atoms with van der Waals surface area (Å²) in [5.41, 5.74) is 4.85. The Morgan fingerprint density at radius 3 is 2.64 bits per heavy atom. The molecule has 0 atom stereocenters. The van der Waals surface area contributed by atoms with Crippen molar-refractivity contribution in [2.75, 3.05) is 0 Å². The number of fused-ring (bicyclic) bond motifs is 1. The van der Waals surface area contributed by atoms with E-state index in [9.17, 15) is 9.65 Å². The van der Waals surface area contributed by atoms with Crippen molar-refractivity contribution < 1.29 is 4.39 Å². The molecule has 0 N–H and O–H groups in total. The van der Waals surface area contributed by atoms with Crippen molar-refractivity contribution in [3.8, 4) is 17.3 Å². The van der Waals surface area contributed by atoms with E-state index < -0.39 is 0 Å². The second-order valence-corrected chi connectivity index (χ2v) is 5.31. The maximum absolute atomic E-state index is 14.0. The van der Waals surface area contributed by atoms with E-state index in [-0.39, 0.29) is 5.82 Å². The molecule has 22 heavy (non-hydrogen) atoms. The van der Waals surface area contributed by atoms with Crippen molar-refractivity contribution in [2.45, 2.75) is 20.8 Å². The number of aryl methyl sites for hydroxylation is 1. The van der Waals surface area contributed by atoms with Crippen molar-refractivity contribution in [3.63, 3.8) is 0 Å². The van der Waals surface area contributed by atoms with E-state index in [1.165, 1.54) is 12.1 Å². The third-order valence-corrected chi connectivity index (χ3v) is 4.03. The van der Waals surface area contributed by atoms with Gasteiger partial charge in [0.15, 0.2) is 0 Å². The zero-order chi connectivity index (χ0) is 15.9. The van der Waals surface area contributed by atoms with Gasteiger partial charge in [0.05, 0.1) is 16.8 Å². The summed E-state index contributed by atoms with van der Waals surface area (Å²) in [5, 5.41) is 10.2. The van der Waals surface area contributed by atoms with Gasteiger partial charge >= 0.3 is 0 Å². The van der Waals surface area contributed by atoms with E-state index in [4.69, 9.17) is 0 Å². The van der Waals surface area contributed by atoms with E-state index in [2.05, 4.69) is 16.0 Å². The van der Waals surface area contributed by atoms with Gasteiger partial charge in [-0.2, -0.15) is 5.26 Å². The molecule has 0 radical (unpaired) electrons. The Labute approximate surface area is 128 Å². The molecule has 3 aromatic rings. The van der Waals surface area contributed by atoms with Gasteiger partial charge in [-0.1, -0.05) is 6.07 Å². The molecule has 3 rings (SSSR count). The van der Waals surface area contributed by atoms with Crippen LogP contribution in [0.4, 0.5) is 4.39 Å². The first-order chi connectivity index (χ1) is 10.5. The molecule has 2 aromatic heterocycles. The lowest BCUT2D eigenvalue weighted by atomic mass is 9.96. The van der Waals surface area contributed by atoms with Crippen molar-refractivity contribution in [1.82, 2.24) is 9.97 Å². The molecule has 0 bridgehead atoms. The number of halogens is 1. The number of aromatic nitrogens is 2. The van der Waals surface area contributed by atoms with Gasteiger partial charge in [0, 0.05) is 22.8 Å². The minimum atomic E-state index is -0.364. The molecule has 0 spiro atoms. The maximum atomic E-state index is 14.0. The molecule has 0 amide bonds. The molecule has 0 fully saturated rings. The number of hydrogen-bond donors (Lipinski definition) is 0. The SMILES string of the molecule is Cc1nc(-c2cc(F)cc3cccnc23)c(C#N)c(C)c1C. The minimum absolute atomic E-state index is 0.364.